The summed E-state index contributed by atoms with van der Waals surface area (Å²) in [6, 6.07) is 0. The van der Waals surface area contributed by atoms with Crippen LogP contribution in [0.4, 0.5) is 0 Å². The van der Waals surface area contributed by atoms with Crippen molar-refractivity contribution < 1.29 is 47.6 Å². The topological polar surface area (TPSA) is 142 Å². The number of unbranched alkanes of at least 4 members (excludes halogenated alkanes) is 13. The number of carbonyl (C=O) groups is 4. The molecule has 8 atom stereocenters. The molecule has 340 valence electrons. The van der Waals surface area contributed by atoms with E-state index in [4.69, 9.17) is 28.4 Å². The fraction of sp³-hybridized carbons (Fsp3) is 0.913. The average molecular weight is 836 g/mol. The summed E-state index contributed by atoms with van der Waals surface area (Å²) in [6.07, 6.45) is 14.9. The lowest BCUT2D eigenvalue weighted by Crippen LogP contribution is -2.55. The molecule has 0 spiro atoms. The summed E-state index contributed by atoms with van der Waals surface area (Å²) in [4.78, 5) is 59.1. The molecule has 1 N–H and O–H groups in total. The van der Waals surface area contributed by atoms with Gasteiger partial charge in [0.05, 0.1) is 88.2 Å². The van der Waals surface area contributed by atoms with E-state index in [1.165, 1.54) is 80.4 Å². The van der Waals surface area contributed by atoms with Crippen LogP contribution in [0.5, 0.6) is 0 Å². The highest BCUT2D eigenvalue weighted by Gasteiger charge is 2.69. The number of fused-ring (bicyclic) bond motifs is 2. The van der Waals surface area contributed by atoms with Gasteiger partial charge >= 0.3 is 0 Å². The fourth-order valence-corrected chi connectivity index (χ4v) is 9.81. The molecule has 0 bridgehead atoms. The Morgan fingerprint density at radius 1 is 0.542 bits per heavy atom. The van der Waals surface area contributed by atoms with E-state index in [1.54, 1.807) is 7.11 Å². The molecule has 4 rings (SSSR count). The molecule has 0 radical (unpaired) electrons. The summed E-state index contributed by atoms with van der Waals surface area (Å²) in [7, 11) is 1.61. The van der Waals surface area contributed by atoms with Gasteiger partial charge in [-0.2, -0.15) is 0 Å². The van der Waals surface area contributed by atoms with Crippen molar-refractivity contribution in [3.8, 4) is 0 Å². The van der Waals surface area contributed by atoms with Crippen molar-refractivity contribution >= 4 is 23.6 Å². The van der Waals surface area contributed by atoms with E-state index in [9.17, 15) is 19.2 Å². The Labute approximate surface area is 356 Å². The third kappa shape index (κ3) is 12.3. The van der Waals surface area contributed by atoms with Gasteiger partial charge in [-0.3, -0.25) is 34.3 Å². The van der Waals surface area contributed by atoms with Crippen molar-refractivity contribution in [2.45, 2.75) is 163 Å². The molecule has 4 aliphatic heterocycles. The number of imide groups is 2. The lowest BCUT2D eigenvalue weighted by Gasteiger charge is -2.50. The van der Waals surface area contributed by atoms with Crippen LogP contribution in [0.2, 0.25) is 0 Å². The number of hydrogen-bond donors (Lipinski definition) is 1. The Kier molecular flexibility index (Phi) is 20.7. The number of likely N-dealkylation sites (tertiary alicyclic amines) is 2. The fourth-order valence-electron chi connectivity index (χ4n) is 9.81. The normalized spacial score (nSPS) is 27.2. The zero-order chi connectivity index (χ0) is 43.0. The minimum atomic E-state index is -0.769. The van der Waals surface area contributed by atoms with Gasteiger partial charge in [0.15, 0.2) is 0 Å². The molecule has 0 aromatic heterocycles. The van der Waals surface area contributed by atoms with E-state index in [1.807, 2.05) is 41.5 Å². The van der Waals surface area contributed by atoms with Crippen LogP contribution < -0.4 is 5.32 Å². The third-order valence-electron chi connectivity index (χ3n) is 14.0. The molecule has 13 nitrogen and oxygen atoms in total. The highest BCUT2D eigenvalue weighted by Crippen LogP contribution is 2.58. The van der Waals surface area contributed by atoms with Gasteiger partial charge in [-0.25, -0.2) is 0 Å². The van der Waals surface area contributed by atoms with E-state index in [0.717, 1.165) is 19.3 Å². The summed E-state index contributed by atoms with van der Waals surface area (Å²) in [5, 5.41) is 3.40. The molecule has 4 saturated heterocycles. The summed E-state index contributed by atoms with van der Waals surface area (Å²) in [5.74, 6) is -3.50. The largest absolute Gasteiger partial charge is 0.382 e. The second-order valence-corrected chi connectivity index (χ2v) is 18.4. The van der Waals surface area contributed by atoms with Crippen molar-refractivity contribution in [2.75, 3.05) is 73.0 Å². The van der Waals surface area contributed by atoms with Gasteiger partial charge in [0.1, 0.15) is 6.23 Å². The first kappa shape index (κ1) is 49.7. The van der Waals surface area contributed by atoms with Crippen LogP contribution in [-0.2, 0) is 47.6 Å². The van der Waals surface area contributed by atoms with E-state index >= 15 is 0 Å². The van der Waals surface area contributed by atoms with Crippen LogP contribution in [-0.4, -0.2) is 131 Å². The SMILES string of the molecule is CCCCCCCCCCCCCCCCN1C(=O)[C@@H]2C(NCCOCC)OC(C(C)(C)C(C)(C)C3OC(C)[C@@H]4C(=O)N(CCOCCOCCOC)C(=O)[C@H]34)[C@@H]2C1=O. The summed E-state index contributed by atoms with van der Waals surface area (Å²) in [5.41, 5.74) is -1.53. The highest BCUT2D eigenvalue weighted by atomic mass is 16.5. The van der Waals surface area contributed by atoms with Crippen LogP contribution in [0.3, 0.4) is 0 Å². The monoisotopic (exact) mass is 836 g/mol. The molecule has 59 heavy (non-hydrogen) atoms. The number of methoxy groups -OCH3 is 1. The van der Waals surface area contributed by atoms with E-state index in [2.05, 4.69) is 12.2 Å². The Balaban J connectivity index is 1.36. The summed E-state index contributed by atoms with van der Waals surface area (Å²) >= 11 is 0. The highest BCUT2D eigenvalue weighted by molar-refractivity contribution is 6.07. The van der Waals surface area contributed by atoms with Crippen LogP contribution in [0.1, 0.15) is 138 Å². The predicted molar refractivity (Wildman–Crippen MR) is 226 cm³/mol. The lowest BCUT2D eigenvalue weighted by atomic mass is 9.57. The maximum atomic E-state index is 14.4. The first-order valence-electron chi connectivity index (χ1n) is 23.3. The number of carbonyl (C=O) groups excluding carboxylic acids is 4. The first-order valence-corrected chi connectivity index (χ1v) is 23.3. The number of nitrogens with zero attached hydrogens (tertiary/aromatic N) is 2. The van der Waals surface area contributed by atoms with Gasteiger partial charge in [-0.15, -0.1) is 0 Å². The molecule has 0 saturated carbocycles. The zero-order valence-electron chi connectivity index (χ0n) is 38.1. The smallest absolute Gasteiger partial charge is 0.237 e. The van der Waals surface area contributed by atoms with E-state index in [0.29, 0.717) is 52.7 Å². The van der Waals surface area contributed by atoms with Crippen molar-refractivity contribution in [3.05, 3.63) is 0 Å². The second-order valence-electron chi connectivity index (χ2n) is 18.4. The van der Waals surface area contributed by atoms with Crippen LogP contribution >= 0.6 is 0 Å². The Hall–Kier alpha value is -2.00. The van der Waals surface area contributed by atoms with Gasteiger partial charge in [0, 0.05) is 26.8 Å². The number of rotatable bonds is 32. The number of amides is 4. The second kappa shape index (κ2) is 24.6. The summed E-state index contributed by atoms with van der Waals surface area (Å²) < 4.78 is 35.0. The van der Waals surface area contributed by atoms with E-state index < -0.39 is 59.0 Å². The van der Waals surface area contributed by atoms with Gasteiger partial charge in [-0.1, -0.05) is 118 Å². The van der Waals surface area contributed by atoms with Crippen molar-refractivity contribution in [3.63, 3.8) is 0 Å². The predicted octanol–water partition coefficient (Wildman–Crippen LogP) is 6.54. The van der Waals surface area contributed by atoms with Crippen LogP contribution in [0.25, 0.3) is 0 Å². The van der Waals surface area contributed by atoms with Crippen molar-refractivity contribution in [1.82, 2.24) is 15.1 Å². The molecular formula is C46H81N3O10. The van der Waals surface area contributed by atoms with Crippen LogP contribution in [0.15, 0.2) is 0 Å². The lowest BCUT2D eigenvalue weighted by molar-refractivity contribution is -0.169. The molecule has 4 aliphatic rings. The Bertz CT molecular complexity index is 1310. The third-order valence-corrected chi connectivity index (χ3v) is 14.0. The van der Waals surface area contributed by atoms with Gasteiger partial charge < -0.3 is 28.4 Å². The molecule has 0 aromatic rings. The number of hydrogen-bond acceptors (Lipinski definition) is 11. The number of nitrogens with one attached hydrogen (secondary N) is 1. The van der Waals surface area contributed by atoms with Gasteiger partial charge in [0.2, 0.25) is 23.6 Å². The number of ether oxygens (including phenoxy) is 6. The Morgan fingerprint density at radius 2 is 1.00 bits per heavy atom. The zero-order valence-corrected chi connectivity index (χ0v) is 38.1. The molecular weight excluding hydrogens is 755 g/mol. The van der Waals surface area contributed by atoms with E-state index in [-0.39, 0.29) is 36.8 Å². The molecule has 13 heteroatoms. The molecule has 0 aromatic carbocycles. The van der Waals surface area contributed by atoms with Gasteiger partial charge in [-0.05, 0) is 31.1 Å². The minimum absolute atomic E-state index is 0.155. The molecule has 4 heterocycles. The molecule has 4 amide bonds. The molecule has 4 fully saturated rings. The van der Waals surface area contributed by atoms with Gasteiger partial charge in [0.25, 0.3) is 0 Å². The molecule has 4 unspecified atom stereocenters. The molecule has 0 aliphatic carbocycles. The average Bonchev–Trinajstić information content (AvgIpc) is 3.91. The van der Waals surface area contributed by atoms with Crippen LogP contribution in [0, 0.1) is 34.5 Å². The quantitative estimate of drug-likeness (QED) is 0.0584. The Morgan fingerprint density at radius 3 is 1.56 bits per heavy atom. The van der Waals surface area contributed by atoms with Crippen molar-refractivity contribution in [2.24, 2.45) is 34.5 Å². The maximum Gasteiger partial charge on any atom is 0.237 e. The standard InChI is InChI=1S/C46H81N3O10/c1-9-11-12-13-14-15-16-17-18-19-20-21-22-23-25-48-43(52)36-37(44(48)53)40(47-24-27-55-10-2)59-39(36)46(6,7)45(4,5)38-35-34(33(3)58-38)41(50)49(42(35)51)26-28-56-31-32-57-30-29-54-8/h33-40,47H,9-32H2,1-8H3/t33?,34-,35-,36+,37-,38?,39?,40?/m0/s1. The summed E-state index contributed by atoms with van der Waals surface area (Å²) in [6.45, 7) is 18.2. The first-order chi connectivity index (χ1) is 28.4. The minimum Gasteiger partial charge on any atom is -0.382 e. The maximum absolute atomic E-state index is 14.4. The van der Waals surface area contributed by atoms with Crippen molar-refractivity contribution in [1.29, 1.82) is 0 Å².